The summed E-state index contributed by atoms with van der Waals surface area (Å²) in [7, 11) is 0. The van der Waals surface area contributed by atoms with Crippen molar-refractivity contribution in [2.24, 2.45) is 0 Å². The molecule has 0 saturated carbocycles. The third-order valence-electron chi connectivity index (χ3n) is 5.87. The third kappa shape index (κ3) is 6.40. The van der Waals surface area contributed by atoms with E-state index in [1.165, 1.54) is 5.56 Å². The van der Waals surface area contributed by atoms with Gasteiger partial charge in [0.15, 0.2) is 6.61 Å². The van der Waals surface area contributed by atoms with Crippen molar-refractivity contribution >= 4 is 5.91 Å². The normalized spacial score (nSPS) is 14.8. The summed E-state index contributed by atoms with van der Waals surface area (Å²) >= 11 is 0. The Hall–Kier alpha value is -3.23. The maximum Gasteiger partial charge on any atom is 0.258 e. The number of hydrogen-bond donors (Lipinski definition) is 1. The first-order valence-electron chi connectivity index (χ1n) is 11.5. The summed E-state index contributed by atoms with van der Waals surface area (Å²) in [5, 5.41) is 7.00. The lowest BCUT2D eigenvalue weighted by molar-refractivity contribution is -0.123. The van der Waals surface area contributed by atoms with Crippen LogP contribution in [0, 0.1) is 6.92 Å². The van der Waals surface area contributed by atoms with Gasteiger partial charge in [-0.2, -0.15) is 4.98 Å². The van der Waals surface area contributed by atoms with Crippen LogP contribution in [0.4, 0.5) is 0 Å². The molecule has 1 saturated heterocycles. The van der Waals surface area contributed by atoms with E-state index in [9.17, 15) is 4.79 Å². The molecule has 0 bridgehead atoms. The predicted molar refractivity (Wildman–Crippen MR) is 127 cm³/mol. The highest BCUT2D eigenvalue weighted by molar-refractivity contribution is 5.77. The van der Waals surface area contributed by atoms with Crippen molar-refractivity contribution in [3.8, 4) is 28.6 Å². The Morgan fingerprint density at radius 3 is 2.36 bits per heavy atom. The number of nitrogens with zero attached hydrogens (tertiary/aromatic N) is 4. The molecule has 174 valence electrons. The monoisotopic (exact) mass is 449 g/mol. The number of likely N-dealkylation sites (N-methyl/N-ethyl adjacent to an activating group) is 1. The van der Waals surface area contributed by atoms with E-state index in [2.05, 4.69) is 32.2 Å². The Kier molecular flexibility index (Phi) is 7.70. The lowest BCUT2D eigenvalue weighted by Gasteiger charge is -2.33. The van der Waals surface area contributed by atoms with Crippen LogP contribution in [0.1, 0.15) is 12.5 Å². The molecule has 1 aliphatic heterocycles. The SMILES string of the molecule is CCN1CCN(CCNC(=O)COc2ccc(-c3nc(-c4ccc(C)cc4)no3)cc2)CC1. The maximum absolute atomic E-state index is 12.1. The first kappa shape index (κ1) is 22.9. The maximum atomic E-state index is 12.1. The van der Waals surface area contributed by atoms with Gasteiger partial charge < -0.3 is 19.5 Å². The van der Waals surface area contributed by atoms with Crippen LogP contribution >= 0.6 is 0 Å². The van der Waals surface area contributed by atoms with E-state index in [-0.39, 0.29) is 12.5 Å². The molecule has 2 heterocycles. The number of hydrogen-bond acceptors (Lipinski definition) is 7. The van der Waals surface area contributed by atoms with Crippen molar-refractivity contribution in [1.82, 2.24) is 25.3 Å². The molecule has 0 spiro atoms. The molecule has 1 amide bonds. The van der Waals surface area contributed by atoms with Gasteiger partial charge in [-0.15, -0.1) is 0 Å². The highest BCUT2D eigenvalue weighted by Gasteiger charge is 2.15. The number of piperazine rings is 1. The predicted octanol–water partition coefficient (Wildman–Crippen LogP) is 2.84. The fourth-order valence-electron chi connectivity index (χ4n) is 3.74. The van der Waals surface area contributed by atoms with E-state index in [0.29, 0.717) is 24.0 Å². The van der Waals surface area contributed by atoms with Gasteiger partial charge in [-0.25, -0.2) is 0 Å². The van der Waals surface area contributed by atoms with Crippen molar-refractivity contribution in [2.75, 3.05) is 52.4 Å². The van der Waals surface area contributed by atoms with Gasteiger partial charge >= 0.3 is 0 Å². The molecule has 0 aliphatic carbocycles. The van der Waals surface area contributed by atoms with Gasteiger partial charge in [0.25, 0.3) is 11.8 Å². The summed E-state index contributed by atoms with van der Waals surface area (Å²) in [5.74, 6) is 1.48. The smallest absolute Gasteiger partial charge is 0.258 e. The molecule has 8 heteroatoms. The molecule has 0 radical (unpaired) electrons. The molecule has 1 N–H and O–H groups in total. The number of carbonyl (C=O) groups excluding carboxylic acids is 1. The van der Waals surface area contributed by atoms with Crippen LogP contribution in [0.2, 0.25) is 0 Å². The Morgan fingerprint density at radius 1 is 1.00 bits per heavy atom. The number of rotatable bonds is 9. The van der Waals surface area contributed by atoms with Crippen molar-refractivity contribution in [1.29, 1.82) is 0 Å². The Bertz CT molecular complexity index is 1020. The topological polar surface area (TPSA) is 83.7 Å². The molecule has 0 unspecified atom stereocenters. The Balaban J connectivity index is 1.20. The van der Waals surface area contributed by atoms with Crippen LogP contribution in [-0.4, -0.2) is 78.3 Å². The molecule has 1 aliphatic rings. The van der Waals surface area contributed by atoms with Crippen molar-refractivity contribution < 1.29 is 14.1 Å². The average molecular weight is 450 g/mol. The summed E-state index contributed by atoms with van der Waals surface area (Å²) in [6.45, 7) is 11.1. The second-order valence-corrected chi connectivity index (χ2v) is 8.23. The molecule has 1 fully saturated rings. The average Bonchev–Trinajstić information content (AvgIpc) is 3.34. The van der Waals surface area contributed by atoms with Crippen molar-refractivity contribution in [2.45, 2.75) is 13.8 Å². The van der Waals surface area contributed by atoms with Gasteiger partial charge in [-0.1, -0.05) is 41.9 Å². The third-order valence-corrected chi connectivity index (χ3v) is 5.87. The van der Waals surface area contributed by atoms with E-state index in [0.717, 1.165) is 50.4 Å². The van der Waals surface area contributed by atoms with Crippen LogP contribution < -0.4 is 10.1 Å². The number of nitrogens with one attached hydrogen (secondary N) is 1. The Morgan fingerprint density at radius 2 is 1.67 bits per heavy atom. The van der Waals surface area contributed by atoms with E-state index >= 15 is 0 Å². The number of aryl methyl sites for hydroxylation is 1. The first-order valence-corrected chi connectivity index (χ1v) is 11.5. The molecule has 2 aromatic carbocycles. The molecular formula is C25H31N5O3. The summed E-state index contributed by atoms with van der Waals surface area (Å²) < 4.78 is 11.0. The van der Waals surface area contributed by atoms with E-state index in [1.807, 2.05) is 43.3 Å². The molecule has 33 heavy (non-hydrogen) atoms. The van der Waals surface area contributed by atoms with Crippen LogP contribution in [-0.2, 0) is 4.79 Å². The zero-order valence-corrected chi connectivity index (χ0v) is 19.3. The highest BCUT2D eigenvalue weighted by Crippen LogP contribution is 2.24. The zero-order chi connectivity index (χ0) is 23.0. The van der Waals surface area contributed by atoms with Crippen LogP contribution in [0.5, 0.6) is 5.75 Å². The molecular weight excluding hydrogens is 418 g/mol. The fraction of sp³-hybridized carbons (Fsp3) is 0.400. The number of amides is 1. The van der Waals surface area contributed by atoms with Gasteiger partial charge in [0, 0.05) is 50.4 Å². The van der Waals surface area contributed by atoms with Gasteiger partial charge in [0.05, 0.1) is 0 Å². The second kappa shape index (κ2) is 11.1. The molecule has 1 aromatic heterocycles. The molecule has 8 nitrogen and oxygen atoms in total. The number of benzene rings is 2. The van der Waals surface area contributed by atoms with Crippen molar-refractivity contribution in [3.63, 3.8) is 0 Å². The van der Waals surface area contributed by atoms with Gasteiger partial charge in [0.2, 0.25) is 5.82 Å². The van der Waals surface area contributed by atoms with Crippen LogP contribution in [0.15, 0.2) is 53.1 Å². The largest absolute Gasteiger partial charge is 0.484 e. The first-order chi connectivity index (χ1) is 16.1. The van der Waals surface area contributed by atoms with Crippen molar-refractivity contribution in [3.05, 3.63) is 54.1 Å². The second-order valence-electron chi connectivity index (χ2n) is 8.23. The lowest BCUT2D eigenvalue weighted by Crippen LogP contribution is -2.48. The minimum atomic E-state index is -0.120. The summed E-state index contributed by atoms with van der Waals surface area (Å²) in [4.78, 5) is 21.4. The molecule has 4 rings (SSSR count). The van der Waals surface area contributed by atoms with Gasteiger partial charge in [-0.05, 0) is 37.7 Å². The number of aromatic nitrogens is 2. The van der Waals surface area contributed by atoms with Gasteiger partial charge in [-0.3, -0.25) is 9.69 Å². The molecule has 0 atom stereocenters. The lowest BCUT2D eigenvalue weighted by atomic mass is 10.1. The van der Waals surface area contributed by atoms with Crippen LogP contribution in [0.3, 0.4) is 0 Å². The summed E-state index contributed by atoms with van der Waals surface area (Å²) in [5.41, 5.74) is 2.88. The van der Waals surface area contributed by atoms with E-state index < -0.39 is 0 Å². The van der Waals surface area contributed by atoms with Gasteiger partial charge in [0.1, 0.15) is 5.75 Å². The number of carbonyl (C=O) groups is 1. The van der Waals surface area contributed by atoms with E-state index in [4.69, 9.17) is 9.26 Å². The zero-order valence-electron chi connectivity index (χ0n) is 19.3. The Labute approximate surface area is 194 Å². The fourth-order valence-corrected chi connectivity index (χ4v) is 3.74. The minimum Gasteiger partial charge on any atom is -0.484 e. The molecule has 3 aromatic rings. The highest BCUT2D eigenvalue weighted by atomic mass is 16.5. The van der Waals surface area contributed by atoms with E-state index in [1.54, 1.807) is 12.1 Å². The quantitative estimate of drug-likeness (QED) is 0.538. The summed E-state index contributed by atoms with van der Waals surface area (Å²) in [6, 6.07) is 15.3. The number of ether oxygens (including phenoxy) is 1. The standard InChI is InChI=1S/C25H31N5O3/c1-3-29-14-16-30(17-15-29)13-12-26-23(31)18-32-22-10-8-21(9-11-22)25-27-24(28-33-25)20-6-4-19(2)5-7-20/h4-11H,3,12-18H2,1-2H3,(H,26,31). The summed E-state index contributed by atoms with van der Waals surface area (Å²) in [6.07, 6.45) is 0. The minimum absolute atomic E-state index is 0.0128. The van der Waals surface area contributed by atoms with Crippen LogP contribution in [0.25, 0.3) is 22.8 Å².